The number of aldehydes is 1. The van der Waals surface area contributed by atoms with Crippen molar-refractivity contribution < 1.29 is 4.79 Å². The first-order valence-corrected chi connectivity index (χ1v) is 4.95. The Balaban J connectivity index is 3.27. The third kappa shape index (κ3) is 1.79. The topological polar surface area (TPSA) is 30.0 Å². The lowest BCUT2D eigenvalue weighted by molar-refractivity contribution is 0.112. The highest BCUT2D eigenvalue weighted by Crippen LogP contribution is 2.21. The van der Waals surface area contributed by atoms with Crippen molar-refractivity contribution in [3.05, 3.63) is 22.3 Å². The third-order valence-electron chi connectivity index (χ3n) is 1.52. The number of rotatable bonds is 2. The van der Waals surface area contributed by atoms with Gasteiger partial charge in [-0.25, -0.2) is 4.98 Å². The van der Waals surface area contributed by atoms with E-state index in [1.54, 1.807) is 0 Å². The molecule has 1 heterocycles. The highest BCUT2D eigenvalue weighted by atomic mass is 35.5. The maximum atomic E-state index is 10.5. The number of aromatic nitrogens is 1. The monoisotopic (exact) mass is 201 g/mol. The van der Waals surface area contributed by atoms with E-state index in [1.165, 1.54) is 11.8 Å². The molecule has 2 nitrogen and oxygen atoms in total. The summed E-state index contributed by atoms with van der Waals surface area (Å²) >= 11 is 7.26. The van der Waals surface area contributed by atoms with E-state index in [0.717, 1.165) is 16.9 Å². The van der Waals surface area contributed by atoms with Gasteiger partial charge < -0.3 is 0 Å². The van der Waals surface area contributed by atoms with Crippen LogP contribution in [-0.2, 0) is 0 Å². The van der Waals surface area contributed by atoms with E-state index in [1.807, 2.05) is 19.2 Å². The van der Waals surface area contributed by atoms with Gasteiger partial charge in [0.15, 0.2) is 6.29 Å². The Bertz CT molecular complexity index is 291. The van der Waals surface area contributed by atoms with Crippen LogP contribution in [0.4, 0.5) is 0 Å². The van der Waals surface area contributed by atoms with Crippen molar-refractivity contribution in [3.63, 3.8) is 0 Å². The molecule has 0 saturated carbocycles. The SMILES string of the molecule is CSc1cc(C)c(C=O)c(Cl)n1. The van der Waals surface area contributed by atoms with E-state index in [-0.39, 0.29) is 5.15 Å². The molecule has 1 rings (SSSR count). The number of thioether (sulfide) groups is 1. The second kappa shape index (κ2) is 3.92. The Morgan fingerprint density at radius 2 is 2.33 bits per heavy atom. The fourth-order valence-electron chi connectivity index (χ4n) is 0.861. The van der Waals surface area contributed by atoms with Crippen molar-refractivity contribution in [1.29, 1.82) is 0 Å². The lowest BCUT2D eigenvalue weighted by Gasteiger charge is -2.02. The van der Waals surface area contributed by atoms with Gasteiger partial charge in [0.1, 0.15) is 5.15 Å². The van der Waals surface area contributed by atoms with Crippen LogP contribution in [0.3, 0.4) is 0 Å². The first-order valence-electron chi connectivity index (χ1n) is 3.35. The number of nitrogens with zero attached hydrogens (tertiary/aromatic N) is 1. The van der Waals surface area contributed by atoms with Gasteiger partial charge in [-0.1, -0.05) is 11.6 Å². The van der Waals surface area contributed by atoms with Gasteiger partial charge in [0.2, 0.25) is 0 Å². The molecule has 12 heavy (non-hydrogen) atoms. The molecule has 0 aliphatic heterocycles. The van der Waals surface area contributed by atoms with E-state index in [0.29, 0.717) is 5.56 Å². The lowest BCUT2D eigenvalue weighted by atomic mass is 10.2. The van der Waals surface area contributed by atoms with Crippen LogP contribution in [0, 0.1) is 6.92 Å². The van der Waals surface area contributed by atoms with Gasteiger partial charge >= 0.3 is 0 Å². The molecule has 0 amide bonds. The molecule has 0 unspecified atom stereocenters. The summed E-state index contributed by atoms with van der Waals surface area (Å²) in [6.45, 7) is 1.84. The molecular weight excluding hydrogens is 194 g/mol. The van der Waals surface area contributed by atoms with Crippen LogP contribution >= 0.6 is 23.4 Å². The summed E-state index contributed by atoms with van der Waals surface area (Å²) in [5, 5.41) is 1.12. The second-order valence-corrected chi connectivity index (χ2v) is 3.49. The van der Waals surface area contributed by atoms with Crippen LogP contribution < -0.4 is 0 Å². The number of hydrogen-bond donors (Lipinski definition) is 0. The standard InChI is InChI=1S/C8H8ClNOS/c1-5-3-7(12-2)10-8(9)6(5)4-11/h3-4H,1-2H3. The number of aryl methyl sites for hydroxylation is 1. The summed E-state index contributed by atoms with van der Waals surface area (Å²) in [6, 6.07) is 1.85. The highest BCUT2D eigenvalue weighted by molar-refractivity contribution is 7.98. The minimum Gasteiger partial charge on any atom is -0.298 e. The van der Waals surface area contributed by atoms with E-state index in [2.05, 4.69) is 4.98 Å². The molecule has 0 saturated heterocycles. The van der Waals surface area contributed by atoms with Crippen LogP contribution in [0.1, 0.15) is 15.9 Å². The van der Waals surface area contributed by atoms with Crippen LogP contribution in [0.15, 0.2) is 11.1 Å². The van der Waals surface area contributed by atoms with Crippen molar-refractivity contribution in [2.45, 2.75) is 11.9 Å². The Morgan fingerprint density at radius 1 is 1.67 bits per heavy atom. The van der Waals surface area contributed by atoms with Gasteiger partial charge in [0, 0.05) is 0 Å². The molecule has 0 radical (unpaired) electrons. The highest BCUT2D eigenvalue weighted by Gasteiger charge is 2.05. The maximum absolute atomic E-state index is 10.5. The zero-order valence-electron chi connectivity index (χ0n) is 6.80. The fourth-order valence-corrected chi connectivity index (χ4v) is 1.67. The van der Waals surface area contributed by atoms with Gasteiger partial charge in [0.25, 0.3) is 0 Å². The Hall–Kier alpha value is -0.540. The van der Waals surface area contributed by atoms with Gasteiger partial charge in [-0.15, -0.1) is 11.8 Å². The predicted molar refractivity (Wildman–Crippen MR) is 51.2 cm³/mol. The minimum absolute atomic E-state index is 0.286. The smallest absolute Gasteiger partial charge is 0.153 e. The van der Waals surface area contributed by atoms with Gasteiger partial charge in [-0.3, -0.25) is 4.79 Å². The molecule has 0 atom stereocenters. The van der Waals surface area contributed by atoms with Crippen molar-refractivity contribution in [2.75, 3.05) is 6.26 Å². The molecule has 0 aliphatic rings. The number of carbonyl (C=O) groups excluding carboxylic acids is 1. The Morgan fingerprint density at radius 3 is 2.75 bits per heavy atom. The van der Waals surface area contributed by atoms with Crippen LogP contribution in [0.25, 0.3) is 0 Å². The molecule has 0 fully saturated rings. The van der Waals surface area contributed by atoms with Gasteiger partial charge in [-0.2, -0.15) is 0 Å². The van der Waals surface area contributed by atoms with Crippen molar-refractivity contribution in [3.8, 4) is 0 Å². The molecule has 0 spiro atoms. The minimum atomic E-state index is 0.286. The van der Waals surface area contributed by atoms with Gasteiger partial charge in [0.05, 0.1) is 10.6 Å². The van der Waals surface area contributed by atoms with Crippen LogP contribution in [0.5, 0.6) is 0 Å². The molecule has 1 aromatic rings. The number of halogens is 1. The van der Waals surface area contributed by atoms with E-state index in [9.17, 15) is 4.79 Å². The first-order chi connectivity index (χ1) is 5.69. The zero-order valence-corrected chi connectivity index (χ0v) is 8.37. The largest absolute Gasteiger partial charge is 0.298 e. The van der Waals surface area contributed by atoms with Gasteiger partial charge in [-0.05, 0) is 24.8 Å². The molecular formula is C8H8ClNOS. The summed E-state index contributed by atoms with van der Waals surface area (Å²) in [4.78, 5) is 14.5. The summed E-state index contributed by atoms with van der Waals surface area (Å²) in [7, 11) is 0. The van der Waals surface area contributed by atoms with Crippen LogP contribution in [-0.4, -0.2) is 17.5 Å². The van der Waals surface area contributed by atoms with E-state index < -0.39 is 0 Å². The molecule has 1 aromatic heterocycles. The fraction of sp³-hybridized carbons (Fsp3) is 0.250. The predicted octanol–water partition coefficient (Wildman–Crippen LogP) is 2.58. The summed E-state index contributed by atoms with van der Waals surface area (Å²) in [5.41, 5.74) is 1.35. The number of carbonyl (C=O) groups is 1. The number of pyridine rings is 1. The zero-order chi connectivity index (χ0) is 9.14. The normalized spacial score (nSPS) is 9.92. The summed E-state index contributed by atoms with van der Waals surface area (Å²) in [5.74, 6) is 0. The maximum Gasteiger partial charge on any atom is 0.153 e. The Labute approximate surface area is 80.3 Å². The van der Waals surface area contributed by atoms with Crippen molar-refractivity contribution in [1.82, 2.24) is 4.98 Å². The first kappa shape index (κ1) is 9.55. The average Bonchev–Trinajstić information content (AvgIpc) is 2.03. The van der Waals surface area contributed by atoms with Crippen molar-refractivity contribution >= 4 is 29.6 Å². The Kier molecular flexibility index (Phi) is 3.12. The molecule has 0 N–H and O–H groups in total. The third-order valence-corrected chi connectivity index (χ3v) is 2.44. The van der Waals surface area contributed by atoms with Crippen molar-refractivity contribution in [2.24, 2.45) is 0 Å². The molecule has 0 aliphatic carbocycles. The molecule has 64 valence electrons. The molecule has 4 heteroatoms. The summed E-state index contributed by atoms with van der Waals surface area (Å²) in [6.07, 6.45) is 2.65. The number of hydrogen-bond acceptors (Lipinski definition) is 3. The molecule has 0 bridgehead atoms. The average molecular weight is 202 g/mol. The van der Waals surface area contributed by atoms with E-state index >= 15 is 0 Å². The quantitative estimate of drug-likeness (QED) is 0.419. The lowest BCUT2D eigenvalue weighted by Crippen LogP contribution is -1.92. The second-order valence-electron chi connectivity index (χ2n) is 2.30. The van der Waals surface area contributed by atoms with E-state index in [4.69, 9.17) is 11.6 Å². The summed E-state index contributed by atoms with van der Waals surface area (Å²) < 4.78 is 0. The molecule has 0 aromatic carbocycles. The van der Waals surface area contributed by atoms with Crippen LogP contribution in [0.2, 0.25) is 5.15 Å².